The van der Waals surface area contributed by atoms with Crippen LogP contribution in [-0.2, 0) is 6.54 Å². The van der Waals surface area contributed by atoms with Crippen LogP contribution in [0.5, 0.6) is 0 Å². The number of hydrogen-bond donors (Lipinski definition) is 2. The van der Waals surface area contributed by atoms with Crippen LogP contribution >= 0.6 is 0 Å². The van der Waals surface area contributed by atoms with Crippen molar-refractivity contribution in [3.8, 4) is 0 Å². The Morgan fingerprint density at radius 2 is 2.07 bits per heavy atom. The molecule has 0 saturated carbocycles. The summed E-state index contributed by atoms with van der Waals surface area (Å²) >= 11 is 0. The van der Waals surface area contributed by atoms with Crippen LogP contribution < -0.4 is 5.32 Å². The fourth-order valence-electron chi connectivity index (χ4n) is 1.32. The van der Waals surface area contributed by atoms with Gasteiger partial charge in [0.05, 0.1) is 5.69 Å². The predicted octanol–water partition coefficient (Wildman–Crippen LogP) is 2.91. The van der Waals surface area contributed by atoms with Crippen molar-refractivity contribution in [1.82, 2.24) is 4.98 Å². The van der Waals surface area contributed by atoms with E-state index in [4.69, 9.17) is 0 Å². The Labute approximate surface area is 85.9 Å². The monoisotopic (exact) mass is 208 g/mol. The zero-order chi connectivity index (χ0) is 10.7. The second-order valence-electron chi connectivity index (χ2n) is 3.17. The Morgan fingerprint density at radius 1 is 1.20 bits per heavy atom. The predicted molar refractivity (Wildman–Crippen MR) is 54.5 cm³/mol. The van der Waals surface area contributed by atoms with Gasteiger partial charge in [-0.1, -0.05) is 12.1 Å². The summed E-state index contributed by atoms with van der Waals surface area (Å²) in [7, 11) is 0. The minimum atomic E-state index is -0.816. The first-order valence-corrected chi connectivity index (χ1v) is 4.57. The standard InChI is InChI=1S/C11H10F2N2/c12-10-3-1-2-8(11(10)13)6-15-9-4-5-14-7-9/h1-5,7,14-15H,6H2. The smallest absolute Gasteiger partial charge is 0.163 e. The van der Waals surface area contributed by atoms with Crippen molar-refractivity contribution in [2.75, 3.05) is 5.32 Å². The van der Waals surface area contributed by atoms with Crippen molar-refractivity contribution in [3.63, 3.8) is 0 Å². The van der Waals surface area contributed by atoms with Gasteiger partial charge in [-0.25, -0.2) is 8.78 Å². The van der Waals surface area contributed by atoms with Crippen LogP contribution in [-0.4, -0.2) is 4.98 Å². The summed E-state index contributed by atoms with van der Waals surface area (Å²) in [6.07, 6.45) is 3.50. The SMILES string of the molecule is Fc1cccc(CNc2cc[nH]c2)c1F. The lowest BCUT2D eigenvalue weighted by molar-refractivity contribution is 0.500. The molecule has 0 aliphatic carbocycles. The normalized spacial score (nSPS) is 10.3. The first kappa shape index (κ1) is 9.71. The van der Waals surface area contributed by atoms with Gasteiger partial charge in [-0.15, -0.1) is 0 Å². The van der Waals surface area contributed by atoms with Crippen LogP contribution in [0.1, 0.15) is 5.56 Å². The van der Waals surface area contributed by atoms with Crippen molar-refractivity contribution in [3.05, 3.63) is 53.9 Å². The van der Waals surface area contributed by atoms with Crippen LogP contribution in [0.25, 0.3) is 0 Å². The van der Waals surface area contributed by atoms with Crippen molar-refractivity contribution in [2.24, 2.45) is 0 Å². The highest BCUT2D eigenvalue weighted by molar-refractivity contribution is 5.41. The quantitative estimate of drug-likeness (QED) is 0.797. The fraction of sp³-hybridized carbons (Fsp3) is 0.0909. The number of hydrogen-bond acceptors (Lipinski definition) is 1. The maximum atomic E-state index is 13.2. The molecular weight excluding hydrogens is 198 g/mol. The van der Waals surface area contributed by atoms with Crippen LogP contribution in [0.3, 0.4) is 0 Å². The number of aromatic amines is 1. The Morgan fingerprint density at radius 3 is 2.80 bits per heavy atom. The number of benzene rings is 1. The summed E-state index contributed by atoms with van der Waals surface area (Å²) in [4.78, 5) is 2.86. The van der Waals surface area contributed by atoms with E-state index in [9.17, 15) is 8.78 Å². The Hall–Kier alpha value is -1.84. The molecule has 15 heavy (non-hydrogen) atoms. The lowest BCUT2D eigenvalue weighted by atomic mass is 10.2. The maximum absolute atomic E-state index is 13.2. The van der Waals surface area contributed by atoms with Crippen molar-refractivity contribution in [1.29, 1.82) is 0 Å². The second-order valence-corrected chi connectivity index (χ2v) is 3.17. The maximum Gasteiger partial charge on any atom is 0.163 e. The number of nitrogens with one attached hydrogen (secondary N) is 2. The van der Waals surface area contributed by atoms with Gasteiger partial charge in [0.15, 0.2) is 11.6 Å². The van der Waals surface area contributed by atoms with Crippen LogP contribution in [0.15, 0.2) is 36.7 Å². The highest BCUT2D eigenvalue weighted by atomic mass is 19.2. The molecule has 0 unspecified atom stereocenters. The Balaban J connectivity index is 2.08. The molecule has 2 N–H and O–H groups in total. The number of rotatable bonds is 3. The van der Waals surface area contributed by atoms with Gasteiger partial charge in [0.25, 0.3) is 0 Å². The highest BCUT2D eigenvalue weighted by Gasteiger charge is 2.06. The lowest BCUT2D eigenvalue weighted by Gasteiger charge is -2.05. The average Bonchev–Trinajstić information content (AvgIpc) is 2.73. The van der Waals surface area contributed by atoms with E-state index in [1.165, 1.54) is 6.07 Å². The van der Waals surface area contributed by atoms with Gasteiger partial charge >= 0.3 is 0 Å². The summed E-state index contributed by atoms with van der Waals surface area (Å²) in [5.41, 5.74) is 1.16. The topological polar surface area (TPSA) is 27.8 Å². The van der Waals surface area contributed by atoms with Crippen molar-refractivity contribution in [2.45, 2.75) is 6.54 Å². The molecule has 2 nitrogen and oxygen atoms in total. The third kappa shape index (κ3) is 2.15. The Bertz CT molecular complexity index is 438. The van der Waals surface area contributed by atoms with E-state index in [0.717, 1.165) is 11.8 Å². The molecule has 0 bridgehead atoms. The number of aromatic nitrogens is 1. The second kappa shape index (κ2) is 4.13. The van der Waals surface area contributed by atoms with Gasteiger partial charge in [0.1, 0.15) is 0 Å². The van der Waals surface area contributed by atoms with E-state index in [2.05, 4.69) is 10.3 Å². The zero-order valence-corrected chi connectivity index (χ0v) is 7.93. The molecule has 0 fully saturated rings. The lowest BCUT2D eigenvalue weighted by Crippen LogP contribution is -2.02. The molecule has 0 amide bonds. The summed E-state index contributed by atoms with van der Waals surface area (Å²) < 4.78 is 26.0. The Kier molecular flexibility index (Phi) is 2.67. The first-order valence-electron chi connectivity index (χ1n) is 4.57. The molecule has 0 aliphatic heterocycles. The third-order valence-electron chi connectivity index (χ3n) is 2.11. The summed E-state index contributed by atoms with van der Waals surface area (Å²) in [6.45, 7) is 0.265. The largest absolute Gasteiger partial charge is 0.380 e. The molecule has 1 aromatic carbocycles. The zero-order valence-electron chi connectivity index (χ0n) is 7.93. The molecule has 0 aliphatic rings. The van der Waals surface area contributed by atoms with E-state index in [1.54, 1.807) is 18.5 Å². The number of anilines is 1. The molecule has 0 atom stereocenters. The van der Waals surface area contributed by atoms with Crippen LogP contribution in [0.4, 0.5) is 14.5 Å². The van der Waals surface area contributed by atoms with Gasteiger partial charge in [-0.3, -0.25) is 0 Å². The van der Waals surface area contributed by atoms with Crippen LogP contribution in [0.2, 0.25) is 0 Å². The number of H-pyrrole nitrogens is 1. The molecule has 0 saturated heterocycles. The molecule has 78 valence electrons. The summed E-state index contributed by atoms with van der Waals surface area (Å²) in [6, 6.07) is 5.97. The van der Waals surface area contributed by atoms with Gasteiger partial charge < -0.3 is 10.3 Å². The molecule has 1 aromatic heterocycles. The molecule has 2 aromatic rings. The van der Waals surface area contributed by atoms with E-state index in [1.807, 2.05) is 6.07 Å². The van der Waals surface area contributed by atoms with Crippen molar-refractivity contribution >= 4 is 5.69 Å². The first-order chi connectivity index (χ1) is 7.27. The molecule has 4 heteroatoms. The van der Waals surface area contributed by atoms with E-state index >= 15 is 0 Å². The minimum absolute atomic E-state index is 0.265. The summed E-state index contributed by atoms with van der Waals surface area (Å²) in [5, 5.41) is 2.97. The molecule has 2 rings (SSSR count). The van der Waals surface area contributed by atoms with Gasteiger partial charge in [0, 0.05) is 24.5 Å². The minimum Gasteiger partial charge on any atom is -0.380 e. The third-order valence-corrected chi connectivity index (χ3v) is 2.11. The fourth-order valence-corrected chi connectivity index (χ4v) is 1.32. The van der Waals surface area contributed by atoms with Gasteiger partial charge in [-0.05, 0) is 12.1 Å². The molecular formula is C11H10F2N2. The molecule has 0 radical (unpaired) electrons. The van der Waals surface area contributed by atoms with Crippen molar-refractivity contribution < 1.29 is 8.78 Å². The van der Waals surface area contributed by atoms with E-state index < -0.39 is 11.6 Å². The highest BCUT2D eigenvalue weighted by Crippen LogP contribution is 2.13. The van der Waals surface area contributed by atoms with Gasteiger partial charge in [-0.2, -0.15) is 0 Å². The molecule has 0 spiro atoms. The average molecular weight is 208 g/mol. The van der Waals surface area contributed by atoms with E-state index in [0.29, 0.717) is 5.56 Å². The van der Waals surface area contributed by atoms with E-state index in [-0.39, 0.29) is 6.54 Å². The van der Waals surface area contributed by atoms with Gasteiger partial charge in [0.2, 0.25) is 0 Å². The summed E-state index contributed by atoms with van der Waals surface area (Å²) in [5.74, 6) is -1.61. The molecule has 1 heterocycles. The number of halogens is 2. The van der Waals surface area contributed by atoms with Crippen LogP contribution in [0, 0.1) is 11.6 Å².